The van der Waals surface area contributed by atoms with Crippen molar-refractivity contribution >= 4 is 22.8 Å². The predicted octanol–water partition coefficient (Wildman–Crippen LogP) is 5.87. The third-order valence-corrected chi connectivity index (χ3v) is 5.21. The number of nitrogens with zero attached hydrogens (tertiary/aromatic N) is 2. The van der Waals surface area contributed by atoms with Crippen molar-refractivity contribution < 1.29 is 22.7 Å². The fourth-order valence-corrected chi connectivity index (χ4v) is 3.63. The number of nitrogens with one attached hydrogen (secondary N) is 2. The van der Waals surface area contributed by atoms with Crippen LogP contribution in [-0.2, 0) is 10.9 Å². The van der Waals surface area contributed by atoms with Crippen LogP contribution in [-0.4, -0.2) is 35.8 Å². The molecule has 0 radical (unpaired) electrons. The molecular weight excluding hydrogens is 445 g/mol. The van der Waals surface area contributed by atoms with Gasteiger partial charge in [-0.2, -0.15) is 13.2 Å². The number of carbonyl (C=O) groups is 1. The summed E-state index contributed by atoms with van der Waals surface area (Å²) in [4.78, 5) is 15.9. The molecule has 34 heavy (non-hydrogen) atoms. The zero-order valence-electron chi connectivity index (χ0n) is 18.4. The van der Waals surface area contributed by atoms with Crippen molar-refractivity contribution in [1.29, 1.82) is 0 Å². The van der Waals surface area contributed by atoms with Crippen molar-refractivity contribution in [3.8, 4) is 16.8 Å². The van der Waals surface area contributed by atoms with E-state index in [-0.39, 0.29) is 11.5 Å². The van der Waals surface area contributed by atoms with Crippen LogP contribution in [0.15, 0.2) is 72.8 Å². The van der Waals surface area contributed by atoms with E-state index in [1.54, 1.807) is 79.9 Å². The van der Waals surface area contributed by atoms with E-state index in [0.717, 1.165) is 15.7 Å². The Kier molecular flexibility index (Phi) is 6.83. The number of aromatic nitrogens is 2. The number of para-hydroxylation sites is 1. The summed E-state index contributed by atoms with van der Waals surface area (Å²) in [7, 11) is 1.60. The molecule has 1 aromatic heterocycles. The average molecular weight is 468 g/mol. The molecule has 9 heteroatoms. The van der Waals surface area contributed by atoms with Crippen molar-refractivity contribution in [2.75, 3.05) is 25.6 Å². The Morgan fingerprint density at radius 2 is 1.71 bits per heavy atom. The summed E-state index contributed by atoms with van der Waals surface area (Å²) in [6, 6.07) is 20.1. The molecule has 6 nitrogen and oxygen atoms in total. The summed E-state index contributed by atoms with van der Waals surface area (Å²) in [5.74, 6) is -0.970. The highest BCUT2D eigenvalue weighted by molar-refractivity contribution is 5.90. The van der Waals surface area contributed by atoms with Crippen molar-refractivity contribution in [3.63, 3.8) is 0 Å². The minimum atomic E-state index is -4.60. The first-order valence-electron chi connectivity index (χ1n) is 10.7. The molecule has 4 aromatic rings. The van der Waals surface area contributed by atoms with Crippen LogP contribution in [0.25, 0.3) is 27.8 Å². The molecule has 0 aliphatic heterocycles. The zero-order valence-corrected chi connectivity index (χ0v) is 18.4. The summed E-state index contributed by atoms with van der Waals surface area (Å²) >= 11 is 0. The number of carbonyl (C=O) groups excluding carboxylic acids is 1. The number of anilines is 1. The summed E-state index contributed by atoms with van der Waals surface area (Å²) in [5.41, 5.74) is 3.10. The maximum atomic E-state index is 13.7. The highest BCUT2D eigenvalue weighted by Crippen LogP contribution is 2.35. The number of amides is 2. The molecule has 3 aromatic carbocycles. The number of methoxy groups -OCH3 is 1. The van der Waals surface area contributed by atoms with Crippen molar-refractivity contribution in [1.82, 2.24) is 14.9 Å². The Labute approximate surface area is 194 Å². The summed E-state index contributed by atoms with van der Waals surface area (Å²) in [6.07, 6.45) is -3.89. The number of halogens is 3. The molecule has 4 rings (SSSR count). The molecule has 0 fully saturated rings. The number of hydrogen-bond donors (Lipinski definition) is 2. The molecule has 0 aliphatic carbocycles. The molecule has 176 valence electrons. The summed E-state index contributed by atoms with van der Waals surface area (Å²) in [6.45, 7) is 1.06. The molecule has 0 saturated carbocycles. The Morgan fingerprint density at radius 3 is 2.38 bits per heavy atom. The fraction of sp³-hybridized carbons (Fsp3) is 0.200. The van der Waals surface area contributed by atoms with E-state index in [1.807, 2.05) is 0 Å². The van der Waals surface area contributed by atoms with Crippen LogP contribution in [0.4, 0.5) is 23.7 Å². The van der Waals surface area contributed by atoms with E-state index in [0.29, 0.717) is 36.5 Å². The van der Waals surface area contributed by atoms with E-state index < -0.39 is 12.0 Å². The largest absolute Gasteiger partial charge is 0.450 e. The number of hydrogen-bond acceptors (Lipinski definition) is 3. The first kappa shape index (κ1) is 23.3. The lowest BCUT2D eigenvalue weighted by Gasteiger charge is -2.11. The van der Waals surface area contributed by atoms with E-state index >= 15 is 0 Å². The van der Waals surface area contributed by atoms with Gasteiger partial charge in [0.15, 0.2) is 0 Å². The summed E-state index contributed by atoms with van der Waals surface area (Å²) in [5, 5.41) is 5.47. The molecule has 1 heterocycles. The van der Waals surface area contributed by atoms with Crippen LogP contribution in [0.2, 0.25) is 0 Å². The molecule has 0 unspecified atom stereocenters. The molecule has 2 N–H and O–H groups in total. The van der Waals surface area contributed by atoms with Crippen LogP contribution < -0.4 is 10.6 Å². The van der Waals surface area contributed by atoms with Gasteiger partial charge in [-0.1, -0.05) is 36.4 Å². The number of rotatable bonds is 7. The number of ether oxygens (including phenoxy) is 1. The first-order chi connectivity index (χ1) is 16.4. The van der Waals surface area contributed by atoms with E-state index in [4.69, 9.17) is 4.74 Å². The van der Waals surface area contributed by atoms with Crippen molar-refractivity contribution in [2.45, 2.75) is 12.6 Å². The Balaban J connectivity index is 1.58. The molecule has 0 saturated heterocycles. The molecule has 0 atom stereocenters. The van der Waals surface area contributed by atoms with Gasteiger partial charge in [-0.3, -0.25) is 4.57 Å². The van der Waals surface area contributed by atoms with Gasteiger partial charge >= 0.3 is 12.2 Å². The number of benzene rings is 3. The maximum Gasteiger partial charge on any atom is 0.450 e. The van der Waals surface area contributed by atoms with Gasteiger partial charge in [0, 0.05) is 31.6 Å². The second kappa shape index (κ2) is 9.96. The fourth-order valence-electron chi connectivity index (χ4n) is 3.63. The van der Waals surface area contributed by atoms with Crippen molar-refractivity contribution in [2.24, 2.45) is 0 Å². The van der Waals surface area contributed by atoms with E-state index in [9.17, 15) is 18.0 Å². The Hall–Kier alpha value is -3.85. The highest BCUT2D eigenvalue weighted by Gasteiger charge is 2.38. The molecule has 2 amide bonds. The third kappa shape index (κ3) is 5.20. The Morgan fingerprint density at radius 1 is 1.00 bits per heavy atom. The normalized spacial score (nSPS) is 11.5. The van der Waals surface area contributed by atoms with Crippen LogP contribution in [0.5, 0.6) is 0 Å². The molecule has 0 bridgehead atoms. The standard InChI is InChI=1S/C25H23F3N4O2/c1-34-15-5-14-29-24(33)30-19-11-8-17(9-12-19)18-10-13-22-21(16-18)31-23(25(26,27)28)32(22)20-6-3-2-4-7-20/h2-4,6-13,16H,5,14-15H2,1H3,(H2,29,30,33). The van der Waals surface area contributed by atoms with Crippen LogP contribution in [0.3, 0.4) is 0 Å². The smallest absolute Gasteiger partial charge is 0.385 e. The van der Waals surface area contributed by atoms with Gasteiger partial charge in [0.1, 0.15) is 0 Å². The van der Waals surface area contributed by atoms with Crippen molar-refractivity contribution in [3.05, 3.63) is 78.6 Å². The van der Waals surface area contributed by atoms with Gasteiger partial charge in [0.05, 0.1) is 11.0 Å². The monoisotopic (exact) mass is 468 g/mol. The zero-order chi connectivity index (χ0) is 24.1. The number of urea groups is 1. The second-order valence-electron chi connectivity index (χ2n) is 7.61. The minimum Gasteiger partial charge on any atom is -0.385 e. The average Bonchev–Trinajstić information content (AvgIpc) is 3.22. The van der Waals surface area contributed by atoms with E-state index in [2.05, 4.69) is 15.6 Å². The number of fused-ring (bicyclic) bond motifs is 1. The topological polar surface area (TPSA) is 68.2 Å². The number of alkyl halides is 3. The highest BCUT2D eigenvalue weighted by atomic mass is 19.4. The van der Waals surface area contributed by atoms with Gasteiger partial charge in [0.2, 0.25) is 5.82 Å². The van der Waals surface area contributed by atoms with Crippen LogP contribution in [0.1, 0.15) is 12.2 Å². The molecule has 0 spiro atoms. The van der Waals surface area contributed by atoms with Gasteiger partial charge in [-0.25, -0.2) is 9.78 Å². The Bertz CT molecular complexity index is 1270. The maximum absolute atomic E-state index is 13.7. The van der Waals surface area contributed by atoms with Gasteiger partial charge in [-0.15, -0.1) is 0 Å². The third-order valence-electron chi connectivity index (χ3n) is 5.21. The lowest BCUT2D eigenvalue weighted by molar-refractivity contribution is -0.145. The lowest BCUT2D eigenvalue weighted by atomic mass is 10.0. The molecular formula is C25H23F3N4O2. The predicted molar refractivity (Wildman–Crippen MR) is 125 cm³/mol. The second-order valence-corrected chi connectivity index (χ2v) is 7.61. The lowest BCUT2D eigenvalue weighted by Crippen LogP contribution is -2.29. The molecule has 0 aliphatic rings. The van der Waals surface area contributed by atoms with Gasteiger partial charge in [-0.05, 0) is 53.9 Å². The van der Waals surface area contributed by atoms with Gasteiger partial charge < -0.3 is 15.4 Å². The van der Waals surface area contributed by atoms with Crippen LogP contribution >= 0.6 is 0 Å². The van der Waals surface area contributed by atoms with Crippen LogP contribution in [0, 0.1) is 0 Å². The first-order valence-corrected chi connectivity index (χ1v) is 10.7. The summed E-state index contributed by atoms with van der Waals surface area (Å²) < 4.78 is 47.3. The minimum absolute atomic E-state index is 0.242. The number of imidazole rings is 1. The van der Waals surface area contributed by atoms with E-state index in [1.165, 1.54) is 0 Å². The quantitative estimate of drug-likeness (QED) is 0.334. The SMILES string of the molecule is COCCCNC(=O)Nc1ccc(-c2ccc3c(c2)nc(C(F)(F)F)n3-c2ccccc2)cc1. The van der Waals surface area contributed by atoms with Gasteiger partial charge in [0.25, 0.3) is 0 Å².